The van der Waals surface area contributed by atoms with E-state index in [-0.39, 0.29) is 0 Å². The number of nitrogens with one attached hydrogen (secondary N) is 1. The Kier molecular flexibility index (Phi) is 5.54. The monoisotopic (exact) mass is 481 g/mol. The third-order valence-electron chi connectivity index (χ3n) is 6.71. The van der Waals surface area contributed by atoms with Crippen molar-refractivity contribution in [3.8, 4) is 11.3 Å². The molecule has 0 amide bonds. The number of pyridine rings is 1. The molecule has 2 aliphatic heterocycles. The first-order chi connectivity index (χ1) is 16.2. The quantitative estimate of drug-likeness (QED) is 0.465. The second-order valence-corrected chi connectivity index (χ2v) is 9.51. The number of piperidine rings is 1. The lowest BCUT2D eigenvalue weighted by atomic mass is 9.97. The molecular formula is C23H23Cl2N8. The van der Waals surface area contributed by atoms with E-state index in [0.29, 0.717) is 16.1 Å². The number of halogens is 2. The molecule has 1 N–H and O–H groups in total. The number of aromatic amines is 1. The minimum atomic E-state index is 0.602. The highest BCUT2D eigenvalue weighted by atomic mass is 35.5. The lowest BCUT2D eigenvalue weighted by Gasteiger charge is -2.46. The number of rotatable bonds is 5. The standard InChI is InChI=1S/C23H23Cl2N8/c24-20-8-26-9-21(25)19(20)13-31-5-2-16(3-6-31)32-11-17(12-32)33-10-15(7-30-33)22-18-1-4-27-23(18)29-14-28-22/h1,4,7-10,14,16H,2-3,5-6,11-13H2,(H,27,28,29). The highest BCUT2D eigenvalue weighted by Crippen LogP contribution is 2.31. The number of nitrogens with zero attached hydrogens (tertiary/aromatic N) is 7. The number of likely N-dealkylation sites (tertiary alicyclic amines) is 2. The first kappa shape index (κ1) is 21.0. The second kappa shape index (κ2) is 8.68. The molecule has 10 heteroatoms. The van der Waals surface area contributed by atoms with Crippen LogP contribution in [0.5, 0.6) is 0 Å². The molecule has 6 heterocycles. The minimum Gasteiger partial charge on any atom is -0.346 e. The summed E-state index contributed by atoms with van der Waals surface area (Å²) in [7, 11) is 0. The van der Waals surface area contributed by atoms with Gasteiger partial charge in [-0.25, -0.2) is 9.97 Å². The molecule has 4 aromatic rings. The molecule has 0 atom stereocenters. The van der Waals surface area contributed by atoms with Crippen LogP contribution in [0.3, 0.4) is 0 Å². The maximum absolute atomic E-state index is 6.30. The van der Waals surface area contributed by atoms with E-state index < -0.39 is 0 Å². The van der Waals surface area contributed by atoms with Gasteiger partial charge >= 0.3 is 0 Å². The van der Waals surface area contributed by atoms with Gasteiger partial charge in [0.1, 0.15) is 18.0 Å². The highest BCUT2D eigenvalue weighted by Gasteiger charge is 2.36. The molecule has 33 heavy (non-hydrogen) atoms. The zero-order chi connectivity index (χ0) is 22.4. The molecular weight excluding hydrogens is 459 g/mol. The predicted molar refractivity (Wildman–Crippen MR) is 128 cm³/mol. The van der Waals surface area contributed by atoms with Crippen LogP contribution in [0.15, 0.2) is 43.4 Å². The summed E-state index contributed by atoms with van der Waals surface area (Å²) in [5.74, 6) is 0. The van der Waals surface area contributed by atoms with Crippen molar-refractivity contribution < 1.29 is 0 Å². The maximum Gasteiger partial charge on any atom is 0.141 e. The first-order valence-corrected chi connectivity index (χ1v) is 11.8. The summed E-state index contributed by atoms with van der Waals surface area (Å²) >= 11 is 12.6. The summed E-state index contributed by atoms with van der Waals surface area (Å²) in [6.45, 7) is 4.77. The first-order valence-electron chi connectivity index (χ1n) is 11.1. The lowest BCUT2D eigenvalue weighted by molar-refractivity contribution is 0.0669. The third kappa shape index (κ3) is 4.01. The summed E-state index contributed by atoms with van der Waals surface area (Å²) in [4.78, 5) is 20.9. The summed E-state index contributed by atoms with van der Waals surface area (Å²) in [5, 5.41) is 6.90. The Morgan fingerprint density at radius 3 is 2.61 bits per heavy atom. The lowest BCUT2D eigenvalue weighted by Crippen LogP contribution is -2.56. The molecule has 0 aliphatic carbocycles. The average Bonchev–Trinajstić information content (AvgIpc) is 3.46. The Hall–Kier alpha value is -2.52. The van der Waals surface area contributed by atoms with Crippen LogP contribution < -0.4 is 0 Å². The fourth-order valence-corrected chi connectivity index (χ4v) is 5.29. The van der Waals surface area contributed by atoms with Crippen molar-refractivity contribution in [1.29, 1.82) is 0 Å². The van der Waals surface area contributed by atoms with Crippen LogP contribution in [-0.2, 0) is 6.54 Å². The van der Waals surface area contributed by atoms with Gasteiger partial charge in [-0.3, -0.25) is 19.5 Å². The fourth-order valence-electron chi connectivity index (χ4n) is 4.80. The van der Waals surface area contributed by atoms with Crippen LogP contribution in [0.1, 0.15) is 18.4 Å². The van der Waals surface area contributed by atoms with Crippen LogP contribution in [0.4, 0.5) is 0 Å². The zero-order valence-corrected chi connectivity index (χ0v) is 19.5. The molecule has 2 saturated heterocycles. The van der Waals surface area contributed by atoms with Gasteiger partial charge in [0.25, 0.3) is 0 Å². The normalized spacial score (nSPS) is 18.7. The molecule has 0 aromatic carbocycles. The summed E-state index contributed by atoms with van der Waals surface area (Å²) in [5.41, 5.74) is 3.73. The Bertz CT molecular complexity index is 1250. The summed E-state index contributed by atoms with van der Waals surface area (Å²) < 4.78 is 2.01. The Balaban J connectivity index is 1.04. The van der Waals surface area contributed by atoms with Crippen molar-refractivity contribution in [2.24, 2.45) is 0 Å². The van der Waals surface area contributed by atoms with Crippen molar-refractivity contribution in [1.82, 2.24) is 39.5 Å². The largest absolute Gasteiger partial charge is 0.346 e. The fraction of sp³-hybridized carbons (Fsp3) is 0.348. The second-order valence-electron chi connectivity index (χ2n) is 8.70. The summed E-state index contributed by atoms with van der Waals surface area (Å²) in [6, 6.07) is 3.92. The highest BCUT2D eigenvalue weighted by molar-refractivity contribution is 6.35. The van der Waals surface area contributed by atoms with Gasteiger partial charge in [-0.2, -0.15) is 5.10 Å². The van der Waals surface area contributed by atoms with Crippen LogP contribution >= 0.6 is 23.2 Å². The van der Waals surface area contributed by atoms with Crippen LogP contribution in [0.2, 0.25) is 10.0 Å². The van der Waals surface area contributed by atoms with E-state index in [4.69, 9.17) is 23.2 Å². The average molecular weight is 482 g/mol. The topological polar surface area (TPSA) is 78.8 Å². The van der Waals surface area contributed by atoms with E-state index in [9.17, 15) is 0 Å². The minimum absolute atomic E-state index is 0.602. The Morgan fingerprint density at radius 2 is 1.82 bits per heavy atom. The van der Waals surface area contributed by atoms with Gasteiger partial charge in [0.15, 0.2) is 0 Å². The van der Waals surface area contributed by atoms with E-state index in [1.807, 2.05) is 23.1 Å². The van der Waals surface area contributed by atoms with Crippen molar-refractivity contribution in [2.45, 2.75) is 25.4 Å². The van der Waals surface area contributed by atoms with E-state index in [1.54, 1.807) is 18.7 Å². The smallest absolute Gasteiger partial charge is 0.141 e. The van der Waals surface area contributed by atoms with E-state index in [0.717, 1.165) is 73.4 Å². The van der Waals surface area contributed by atoms with Gasteiger partial charge in [0.05, 0.1) is 21.9 Å². The van der Waals surface area contributed by atoms with Gasteiger partial charge in [-0.15, -0.1) is 0 Å². The molecule has 0 spiro atoms. The molecule has 0 saturated carbocycles. The molecule has 169 valence electrons. The number of fused-ring (bicyclic) bond motifs is 1. The Morgan fingerprint density at radius 1 is 1.03 bits per heavy atom. The SMILES string of the molecule is Clc1cncc(Cl)c1CN1CCC(N2C[C](n3cc(-c4ncnc5[nH]ccc45)cn3)C2)CC1. The van der Waals surface area contributed by atoms with E-state index in [1.165, 1.54) is 6.04 Å². The van der Waals surface area contributed by atoms with Gasteiger partial charge < -0.3 is 4.98 Å². The van der Waals surface area contributed by atoms with Crippen molar-refractivity contribution in [2.75, 3.05) is 26.2 Å². The molecule has 2 aliphatic rings. The summed E-state index contributed by atoms with van der Waals surface area (Å²) in [6.07, 6.45) is 13.1. The molecule has 0 unspecified atom stereocenters. The van der Waals surface area contributed by atoms with Gasteiger partial charge in [-0.1, -0.05) is 23.2 Å². The molecule has 4 aromatic heterocycles. The molecule has 8 nitrogen and oxygen atoms in total. The van der Waals surface area contributed by atoms with Crippen molar-refractivity contribution >= 4 is 34.2 Å². The Labute approximate surface area is 201 Å². The van der Waals surface area contributed by atoms with Crippen LogP contribution in [0, 0.1) is 6.04 Å². The number of hydrogen-bond donors (Lipinski definition) is 1. The zero-order valence-electron chi connectivity index (χ0n) is 18.0. The number of H-pyrrole nitrogens is 1. The van der Waals surface area contributed by atoms with Crippen molar-refractivity contribution in [3.05, 3.63) is 65.0 Å². The van der Waals surface area contributed by atoms with Gasteiger partial charge in [0.2, 0.25) is 0 Å². The van der Waals surface area contributed by atoms with Gasteiger partial charge in [0, 0.05) is 67.0 Å². The van der Waals surface area contributed by atoms with Gasteiger partial charge in [-0.05, 0) is 32.0 Å². The maximum atomic E-state index is 6.30. The molecule has 0 bridgehead atoms. The van der Waals surface area contributed by atoms with Crippen LogP contribution in [-0.4, -0.2) is 71.7 Å². The molecule has 1 radical (unpaired) electrons. The van der Waals surface area contributed by atoms with Crippen molar-refractivity contribution in [3.63, 3.8) is 0 Å². The number of aromatic nitrogens is 6. The third-order valence-corrected chi connectivity index (χ3v) is 7.36. The van der Waals surface area contributed by atoms with E-state index >= 15 is 0 Å². The van der Waals surface area contributed by atoms with E-state index in [2.05, 4.69) is 41.0 Å². The molecule has 2 fully saturated rings. The number of hydrogen-bond acceptors (Lipinski definition) is 6. The predicted octanol–water partition coefficient (Wildman–Crippen LogP) is 3.88. The van der Waals surface area contributed by atoms with Crippen LogP contribution in [0.25, 0.3) is 22.3 Å². The molecule has 6 rings (SSSR count).